The number of carbonyl (C=O) groups is 2. The summed E-state index contributed by atoms with van der Waals surface area (Å²) >= 11 is 0. The third-order valence-corrected chi connectivity index (χ3v) is 5.51. The predicted molar refractivity (Wildman–Crippen MR) is 160 cm³/mol. The van der Waals surface area contributed by atoms with Crippen molar-refractivity contribution in [3.8, 4) is 0 Å². The maximum atomic E-state index is 12.3. The molecular formula is C32H46N4O3. The molecule has 0 saturated heterocycles. The molecule has 39 heavy (non-hydrogen) atoms. The second-order valence-corrected chi connectivity index (χ2v) is 9.81. The van der Waals surface area contributed by atoms with Gasteiger partial charge in [0.2, 0.25) is 17.8 Å². The van der Waals surface area contributed by atoms with Gasteiger partial charge < -0.3 is 15.8 Å². The Morgan fingerprint density at radius 1 is 0.872 bits per heavy atom. The van der Waals surface area contributed by atoms with Crippen LogP contribution in [-0.2, 0) is 4.79 Å². The molecule has 1 heterocycles. The largest absolute Gasteiger partial charge is 0.618 e. The van der Waals surface area contributed by atoms with Crippen LogP contribution in [-0.4, -0.2) is 28.9 Å². The summed E-state index contributed by atoms with van der Waals surface area (Å²) in [7, 11) is 0. The zero-order valence-corrected chi connectivity index (χ0v) is 24.1. The van der Waals surface area contributed by atoms with Crippen molar-refractivity contribution < 1.29 is 14.3 Å². The predicted octanol–water partition coefficient (Wildman–Crippen LogP) is 6.13. The summed E-state index contributed by atoms with van der Waals surface area (Å²) in [6, 6.07) is 0. The number of hydrogen-bond donors (Lipinski definition) is 2. The molecule has 0 fully saturated rings. The summed E-state index contributed by atoms with van der Waals surface area (Å²) in [5.41, 5.74) is -0.190. The van der Waals surface area contributed by atoms with Crippen LogP contribution in [0.5, 0.6) is 0 Å². The maximum Gasteiger partial charge on any atom is 0.276 e. The molecule has 0 saturated carbocycles. The average Bonchev–Trinajstić information content (AvgIpc) is 2.90. The van der Waals surface area contributed by atoms with Gasteiger partial charge in [-0.25, -0.2) is 4.98 Å². The van der Waals surface area contributed by atoms with E-state index in [1.165, 1.54) is 6.20 Å². The van der Waals surface area contributed by atoms with Crippen molar-refractivity contribution in [1.82, 2.24) is 15.6 Å². The van der Waals surface area contributed by atoms with E-state index in [4.69, 9.17) is 0 Å². The SMILES string of the molecule is CCC=CCC=CCC=CCC=CCC=CCC=CCCC(=O)NC(C)(C)CNC(=O)c1c[n+]([O-])c(C)cn1. The van der Waals surface area contributed by atoms with E-state index in [1.807, 2.05) is 19.9 Å². The lowest BCUT2D eigenvalue weighted by atomic mass is 10.0. The van der Waals surface area contributed by atoms with Gasteiger partial charge in [0, 0.05) is 19.9 Å². The number of aromatic nitrogens is 2. The van der Waals surface area contributed by atoms with Gasteiger partial charge in [0.15, 0.2) is 5.69 Å². The summed E-state index contributed by atoms with van der Waals surface area (Å²) in [6.07, 6.45) is 35.1. The fourth-order valence-corrected chi connectivity index (χ4v) is 3.31. The molecule has 0 aliphatic rings. The van der Waals surface area contributed by atoms with Crippen molar-refractivity contribution in [2.24, 2.45) is 0 Å². The average molecular weight is 535 g/mol. The van der Waals surface area contributed by atoms with Gasteiger partial charge in [-0.15, -0.1) is 0 Å². The molecule has 7 nitrogen and oxygen atoms in total. The highest BCUT2D eigenvalue weighted by Crippen LogP contribution is 2.04. The Morgan fingerprint density at radius 3 is 1.85 bits per heavy atom. The molecule has 7 heteroatoms. The van der Waals surface area contributed by atoms with Crippen LogP contribution in [0.4, 0.5) is 0 Å². The lowest BCUT2D eigenvalue weighted by Gasteiger charge is -2.26. The molecule has 0 bridgehead atoms. The monoisotopic (exact) mass is 534 g/mol. The number of nitrogens with one attached hydrogen (secondary N) is 2. The van der Waals surface area contributed by atoms with Gasteiger partial charge in [-0.05, 0) is 58.8 Å². The summed E-state index contributed by atoms with van der Waals surface area (Å²) in [5, 5.41) is 17.3. The van der Waals surface area contributed by atoms with Crippen LogP contribution in [0.1, 0.15) is 88.3 Å². The van der Waals surface area contributed by atoms with Gasteiger partial charge in [-0.2, -0.15) is 4.73 Å². The van der Waals surface area contributed by atoms with Crippen LogP contribution >= 0.6 is 0 Å². The molecule has 1 aromatic heterocycles. The summed E-state index contributed by atoms with van der Waals surface area (Å²) in [4.78, 5) is 28.5. The quantitative estimate of drug-likeness (QED) is 0.135. The molecule has 0 spiro atoms. The van der Waals surface area contributed by atoms with Gasteiger partial charge >= 0.3 is 0 Å². The number of amides is 2. The second-order valence-electron chi connectivity index (χ2n) is 9.81. The third kappa shape index (κ3) is 17.4. The second kappa shape index (κ2) is 20.3. The van der Waals surface area contributed by atoms with E-state index in [0.29, 0.717) is 23.3 Å². The Balaban J connectivity index is 2.14. The Bertz CT molecular complexity index is 1050. The molecular weight excluding hydrogens is 488 g/mol. The molecule has 2 N–H and O–H groups in total. The molecule has 2 amide bonds. The van der Waals surface area contributed by atoms with Gasteiger partial charge in [-0.3, -0.25) is 9.59 Å². The lowest BCUT2D eigenvalue weighted by molar-refractivity contribution is -0.613. The lowest BCUT2D eigenvalue weighted by Crippen LogP contribution is -2.51. The van der Waals surface area contributed by atoms with Crippen molar-refractivity contribution in [3.05, 3.63) is 102 Å². The number of allylic oxidation sites excluding steroid dienone is 12. The van der Waals surface area contributed by atoms with Crippen LogP contribution in [0.2, 0.25) is 0 Å². The molecule has 0 aliphatic carbocycles. The van der Waals surface area contributed by atoms with Crippen LogP contribution < -0.4 is 15.4 Å². The summed E-state index contributed by atoms with van der Waals surface area (Å²) in [6.45, 7) is 7.63. The smallest absolute Gasteiger partial charge is 0.276 e. The molecule has 0 radical (unpaired) electrons. The highest BCUT2D eigenvalue weighted by Gasteiger charge is 2.22. The van der Waals surface area contributed by atoms with Gasteiger partial charge in [0.1, 0.15) is 0 Å². The molecule has 212 valence electrons. The molecule has 0 aromatic carbocycles. The van der Waals surface area contributed by atoms with Gasteiger partial charge in [-0.1, -0.05) is 79.8 Å². The normalized spacial score (nSPS) is 12.7. The van der Waals surface area contributed by atoms with Crippen LogP contribution in [0, 0.1) is 12.1 Å². The van der Waals surface area contributed by atoms with Crippen molar-refractivity contribution in [2.75, 3.05) is 6.54 Å². The summed E-state index contributed by atoms with van der Waals surface area (Å²) < 4.78 is 0.601. The topological polar surface area (TPSA) is 98.0 Å². The minimum atomic E-state index is -0.636. The van der Waals surface area contributed by atoms with Gasteiger partial charge in [0.25, 0.3) is 5.91 Å². The number of carbonyl (C=O) groups excluding carboxylic acids is 2. The van der Waals surface area contributed by atoms with E-state index in [9.17, 15) is 14.8 Å². The van der Waals surface area contributed by atoms with E-state index in [2.05, 4.69) is 89.4 Å². The van der Waals surface area contributed by atoms with Crippen molar-refractivity contribution in [3.63, 3.8) is 0 Å². The Labute approximate surface area is 234 Å². The zero-order valence-electron chi connectivity index (χ0n) is 24.1. The first-order valence-electron chi connectivity index (χ1n) is 13.8. The van der Waals surface area contributed by atoms with E-state index in [1.54, 1.807) is 6.92 Å². The maximum absolute atomic E-state index is 12.3. The van der Waals surface area contributed by atoms with Crippen molar-refractivity contribution in [1.29, 1.82) is 0 Å². The minimum absolute atomic E-state index is 0.0374. The fraction of sp³-hybridized carbons (Fsp3) is 0.438. The first kappa shape index (κ1) is 33.3. The van der Waals surface area contributed by atoms with E-state index in [0.717, 1.165) is 44.7 Å². The highest BCUT2D eigenvalue weighted by atomic mass is 16.5. The molecule has 0 atom stereocenters. The number of rotatable bonds is 18. The van der Waals surface area contributed by atoms with E-state index in [-0.39, 0.29) is 18.1 Å². The van der Waals surface area contributed by atoms with Gasteiger partial charge in [0.05, 0.1) is 11.7 Å². The van der Waals surface area contributed by atoms with Crippen LogP contribution in [0.3, 0.4) is 0 Å². The number of hydrogen-bond acceptors (Lipinski definition) is 4. The number of nitrogens with zero attached hydrogens (tertiary/aromatic N) is 2. The Hall–Kier alpha value is -3.74. The zero-order chi connectivity index (χ0) is 28.8. The molecule has 1 aromatic rings. The first-order valence-corrected chi connectivity index (χ1v) is 13.8. The minimum Gasteiger partial charge on any atom is -0.618 e. The summed E-state index contributed by atoms with van der Waals surface area (Å²) in [5.74, 6) is -0.542. The third-order valence-electron chi connectivity index (χ3n) is 5.51. The van der Waals surface area contributed by atoms with E-state index >= 15 is 0 Å². The Kier molecular flexibility index (Phi) is 17.3. The highest BCUT2D eigenvalue weighted by molar-refractivity contribution is 5.91. The van der Waals surface area contributed by atoms with Crippen LogP contribution in [0.15, 0.2) is 85.3 Å². The molecule has 0 unspecified atom stereocenters. The standard InChI is InChI=1S/C32H46N4O3/c1-5-6-7-8-9-10-11-12-13-14-15-16-17-18-19-20-21-22-23-24-30(37)35-32(3,4)27-34-31(38)29-26-36(39)28(2)25-33-29/h6-7,9-10,12-13,15-16,18-19,21-22,25-26H,5,8,11,14,17,20,23-24,27H2,1-4H3,(H,34,38)(H,35,37). The van der Waals surface area contributed by atoms with Crippen molar-refractivity contribution in [2.45, 2.75) is 84.6 Å². The molecule has 1 rings (SSSR count). The van der Waals surface area contributed by atoms with E-state index < -0.39 is 11.4 Å². The van der Waals surface area contributed by atoms with Crippen molar-refractivity contribution >= 4 is 11.8 Å². The fourth-order valence-electron chi connectivity index (χ4n) is 3.31. The Morgan fingerprint density at radius 2 is 1.36 bits per heavy atom. The van der Waals surface area contributed by atoms with Crippen LogP contribution in [0.25, 0.3) is 0 Å². The first-order chi connectivity index (χ1) is 18.7. The molecule has 0 aliphatic heterocycles. The number of aryl methyl sites for hydroxylation is 1.